The van der Waals surface area contributed by atoms with Crippen LogP contribution in [-0.4, -0.2) is 140 Å². The number of amides is 4. The zero-order chi connectivity index (χ0) is 39.4. The number of hydrogen-bond donors (Lipinski definition) is 1. The van der Waals surface area contributed by atoms with Crippen molar-refractivity contribution in [1.29, 1.82) is 0 Å². The summed E-state index contributed by atoms with van der Waals surface area (Å²) < 4.78 is 11.9. The summed E-state index contributed by atoms with van der Waals surface area (Å²) in [6.45, 7) is 12.3. The van der Waals surface area contributed by atoms with Crippen LogP contribution in [0.5, 0.6) is 0 Å². The number of methoxy groups -OCH3 is 2. The Balaban J connectivity index is 2.22. The Morgan fingerprint density at radius 2 is 1.67 bits per heavy atom. The summed E-state index contributed by atoms with van der Waals surface area (Å²) in [6.07, 6.45) is 1.46. The minimum absolute atomic E-state index is 0.00763. The van der Waals surface area contributed by atoms with Crippen molar-refractivity contribution in [3.63, 3.8) is 0 Å². The molecule has 294 valence electrons. The van der Waals surface area contributed by atoms with Gasteiger partial charge >= 0.3 is 0 Å². The van der Waals surface area contributed by atoms with Crippen LogP contribution in [-0.2, 0) is 35.1 Å². The van der Waals surface area contributed by atoms with Crippen molar-refractivity contribution < 1.29 is 33.6 Å². The molecule has 52 heavy (non-hydrogen) atoms. The molecule has 1 aliphatic rings. The fourth-order valence-corrected chi connectivity index (χ4v) is 7.12. The van der Waals surface area contributed by atoms with Gasteiger partial charge in [-0.15, -0.1) is 0 Å². The second kappa shape index (κ2) is 20.6. The highest BCUT2D eigenvalue weighted by molar-refractivity contribution is 5.90. The van der Waals surface area contributed by atoms with E-state index in [0.29, 0.717) is 25.9 Å². The molecule has 14 heteroatoms. The van der Waals surface area contributed by atoms with Crippen LogP contribution < -0.4 is 5.32 Å². The summed E-state index contributed by atoms with van der Waals surface area (Å²) in [6, 6.07) is 4.43. The molecular weight excluding hydrogens is 668 g/mol. The first-order valence-electron chi connectivity index (χ1n) is 18.5. The lowest BCUT2D eigenvalue weighted by Gasteiger charge is -2.41. The second-order valence-corrected chi connectivity index (χ2v) is 14.9. The average molecular weight is 733 g/mol. The predicted octanol–water partition coefficient (Wildman–Crippen LogP) is 3.61. The van der Waals surface area contributed by atoms with E-state index < -0.39 is 41.2 Å². The van der Waals surface area contributed by atoms with Gasteiger partial charge < -0.3 is 29.5 Å². The maximum atomic E-state index is 14.1. The van der Waals surface area contributed by atoms with Gasteiger partial charge in [0.25, 0.3) is 5.69 Å². The topological polar surface area (TPSA) is 155 Å². The van der Waals surface area contributed by atoms with Crippen molar-refractivity contribution in [2.75, 3.05) is 55.5 Å². The number of non-ortho nitro benzene ring substituents is 1. The molecule has 14 nitrogen and oxygen atoms in total. The van der Waals surface area contributed by atoms with Gasteiger partial charge in [-0.3, -0.25) is 34.2 Å². The van der Waals surface area contributed by atoms with E-state index in [9.17, 15) is 29.3 Å². The number of nitrogens with one attached hydrogen (secondary N) is 1. The monoisotopic (exact) mass is 732 g/mol. The molecular formula is C38H64N6O8. The molecule has 1 aromatic rings. The van der Waals surface area contributed by atoms with Crippen LogP contribution in [0.3, 0.4) is 0 Å². The van der Waals surface area contributed by atoms with Gasteiger partial charge in [-0.25, -0.2) is 0 Å². The molecule has 2 rings (SSSR count). The molecule has 4 amide bonds. The first-order chi connectivity index (χ1) is 24.4. The van der Waals surface area contributed by atoms with Crippen LogP contribution >= 0.6 is 0 Å². The number of benzene rings is 1. The summed E-state index contributed by atoms with van der Waals surface area (Å²) in [5.41, 5.74) is 0.768. The van der Waals surface area contributed by atoms with Gasteiger partial charge in [0.05, 0.1) is 47.6 Å². The first kappa shape index (κ1) is 44.5. The van der Waals surface area contributed by atoms with Crippen LogP contribution in [0.1, 0.15) is 72.8 Å². The minimum atomic E-state index is -0.756. The SMILES string of the molecule is CC[C@H](C)[C@@H]([C@@H](CC(=O)N1CCC[C@H]1[C@H](OC)[C@@H](C)C(=O)N(C)CCc1cccc([N+](=O)[O-])c1)OC)N(C)C(=O)[C@@H](NC(=O)[C@@H](C)N(C)C)C(C)C. The van der Waals surface area contributed by atoms with Gasteiger partial charge in [-0.1, -0.05) is 53.2 Å². The van der Waals surface area contributed by atoms with E-state index in [-0.39, 0.29) is 53.6 Å². The van der Waals surface area contributed by atoms with E-state index in [2.05, 4.69) is 5.32 Å². The van der Waals surface area contributed by atoms with Crippen LogP contribution in [0.15, 0.2) is 24.3 Å². The molecule has 0 saturated carbocycles. The standard InChI is InChI=1S/C38H64N6O8/c1-13-25(4)34(42(10)38(48)33(24(2)3)39-36(46)27(6)40(7)8)31(51-11)23-32(45)43-20-15-18-30(43)35(52-12)26(5)37(47)41(9)21-19-28-16-14-17-29(22-28)44(49)50/h14,16-17,22,24-27,30-31,33-35H,13,15,18-21,23H2,1-12H3,(H,39,46)/t25-,26+,27+,30-,31+,33-,34-,35+/m0/s1. The number of carbonyl (C=O) groups excluding carboxylic acids is 4. The molecule has 1 fully saturated rings. The summed E-state index contributed by atoms with van der Waals surface area (Å²) in [7, 11) is 10.1. The van der Waals surface area contributed by atoms with Crippen molar-refractivity contribution >= 4 is 29.3 Å². The highest BCUT2D eigenvalue weighted by Gasteiger charge is 2.43. The van der Waals surface area contributed by atoms with Gasteiger partial charge in [0.1, 0.15) is 6.04 Å². The van der Waals surface area contributed by atoms with Crippen LogP contribution in [0.25, 0.3) is 0 Å². The number of carbonyl (C=O) groups is 4. The molecule has 8 atom stereocenters. The number of nitro benzene ring substituents is 1. The smallest absolute Gasteiger partial charge is 0.269 e. The molecule has 0 bridgehead atoms. The molecule has 1 aromatic carbocycles. The molecule has 0 radical (unpaired) electrons. The molecule has 0 unspecified atom stereocenters. The maximum absolute atomic E-state index is 14.1. The number of hydrogen-bond acceptors (Lipinski definition) is 9. The lowest BCUT2D eigenvalue weighted by Crippen LogP contribution is -2.59. The Morgan fingerprint density at radius 3 is 2.21 bits per heavy atom. The molecule has 1 aliphatic heterocycles. The second-order valence-electron chi connectivity index (χ2n) is 14.9. The molecule has 0 spiro atoms. The Morgan fingerprint density at radius 1 is 1.02 bits per heavy atom. The summed E-state index contributed by atoms with van der Waals surface area (Å²) in [5, 5.41) is 14.1. The van der Waals surface area contributed by atoms with Crippen molar-refractivity contribution in [1.82, 2.24) is 24.9 Å². The highest BCUT2D eigenvalue weighted by atomic mass is 16.6. The van der Waals surface area contributed by atoms with Crippen molar-refractivity contribution in [2.45, 2.75) is 110 Å². The summed E-state index contributed by atoms with van der Waals surface area (Å²) in [4.78, 5) is 72.3. The van der Waals surface area contributed by atoms with E-state index in [1.54, 1.807) is 67.0 Å². The highest BCUT2D eigenvalue weighted by Crippen LogP contribution is 2.30. The van der Waals surface area contributed by atoms with E-state index >= 15 is 0 Å². The van der Waals surface area contributed by atoms with Crippen LogP contribution in [0.4, 0.5) is 5.69 Å². The summed E-state index contributed by atoms with van der Waals surface area (Å²) in [5.74, 6) is -1.52. The maximum Gasteiger partial charge on any atom is 0.269 e. The average Bonchev–Trinajstić information content (AvgIpc) is 3.60. The van der Waals surface area contributed by atoms with Crippen molar-refractivity contribution in [3.05, 3.63) is 39.9 Å². The number of likely N-dealkylation sites (N-methyl/N-ethyl adjacent to an activating group) is 3. The number of ether oxygens (including phenoxy) is 2. The lowest BCUT2D eigenvalue weighted by molar-refractivity contribution is -0.384. The van der Waals surface area contributed by atoms with Crippen LogP contribution in [0.2, 0.25) is 0 Å². The number of likely N-dealkylation sites (tertiary alicyclic amines) is 1. The number of nitro groups is 1. The van der Waals surface area contributed by atoms with E-state index in [1.807, 2.05) is 48.7 Å². The van der Waals surface area contributed by atoms with Gasteiger partial charge in [0, 0.05) is 53.5 Å². The van der Waals surface area contributed by atoms with Gasteiger partial charge in [-0.2, -0.15) is 0 Å². The quantitative estimate of drug-likeness (QED) is 0.156. The van der Waals surface area contributed by atoms with Crippen molar-refractivity contribution in [2.24, 2.45) is 17.8 Å². The van der Waals surface area contributed by atoms with E-state index in [4.69, 9.17) is 9.47 Å². The Labute approximate surface area is 310 Å². The molecule has 1 heterocycles. The molecule has 1 saturated heterocycles. The third-order valence-corrected chi connectivity index (χ3v) is 10.9. The van der Waals surface area contributed by atoms with E-state index in [1.165, 1.54) is 12.1 Å². The fraction of sp³-hybridized carbons (Fsp3) is 0.737. The molecule has 1 N–H and O–H groups in total. The number of nitrogens with zero attached hydrogens (tertiary/aromatic N) is 5. The van der Waals surface area contributed by atoms with Crippen LogP contribution in [0, 0.1) is 27.9 Å². The normalized spacial score (nSPS) is 18.7. The molecule has 0 aliphatic carbocycles. The largest absolute Gasteiger partial charge is 0.379 e. The van der Waals surface area contributed by atoms with Gasteiger partial charge in [0.15, 0.2) is 0 Å². The Bertz CT molecular complexity index is 1360. The third-order valence-electron chi connectivity index (χ3n) is 10.9. The fourth-order valence-electron chi connectivity index (χ4n) is 7.12. The predicted molar refractivity (Wildman–Crippen MR) is 200 cm³/mol. The van der Waals surface area contributed by atoms with E-state index in [0.717, 1.165) is 18.4 Å². The lowest BCUT2D eigenvalue weighted by atomic mass is 9.89. The third kappa shape index (κ3) is 11.4. The zero-order valence-electron chi connectivity index (χ0n) is 33.5. The molecule has 0 aromatic heterocycles. The Kier molecular flexibility index (Phi) is 17.6. The minimum Gasteiger partial charge on any atom is -0.379 e. The zero-order valence-corrected chi connectivity index (χ0v) is 33.5. The number of rotatable bonds is 20. The van der Waals surface area contributed by atoms with Crippen molar-refractivity contribution in [3.8, 4) is 0 Å². The Hall–Kier alpha value is -3.62. The first-order valence-corrected chi connectivity index (χ1v) is 18.5. The van der Waals surface area contributed by atoms with Gasteiger partial charge in [-0.05, 0) is 57.7 Å². The van der Waals surface area contributed by atoms with Gasteiger partial charge in [0.2, 0.25) is 23.6 Å². The summed E-state index contributed by atoms with van der Waals surface area (Å²) >= 11 is 0.